The van der Waals surface area contributed by atoms with Crippen LogP contribution in [-0.4, -0.2) is 0 Å². The van der Waals surface area contributed by atoms with Gasteiger partial charge in [0.25, 0.3) is 0 Å². The van der Waals surface area contributed by atoms with E-state index in [1.807, 2.05) is 103 Å². The maximum absolute atomic E-state index is 9.62. The summed E-state index contributed by atoms with van der Waals surface area (Å²) in [6, 6.07) is 42.1. The Kier molecular flexibility index (Phi) is 5.43. The van der Waals surface area contributed by atoms with Gasteiger partial charge in [0.1, 0.15) is 0 Å². The van der Waals surface area contributed by atoms with Crippen LogP contribution >= 0.6 is 0 Å². The van der Waals surface area contributed by atoms with E-state index < -0.39 is 0 Å². The zero-order chi connectivity index (χ0) is 24.3. The Bertz CT molecular complexity index is 1660. The lowest BCUT2D eigenvalue weighted by atomic mass is 9.96. The van der Waals surface area contributed by atoms with Crippen LogP contribution in [-0.2, 0) is 0 Å². The van der Waals surface area contributed by atoms with Crippen molar-refractivity contribution in [1.29, 1.82) is 5.26 Å². The molecule has 5 aromatic carbocycles. The number of anilines is 3. The van der Waals surface area contributed by atoms with Gasteiger partial charge in [-0.05, 0) is 54.1 Å². The summed E-state index contributed by atoms with van der Waals surface area (Å²) in [6.07, 6.45) is 0. The van der Waals surface area contributed by atoms with Crippen LogP contribution in [0.3, 0.4) is 0 Å². The summed E-state index contributed by atoms with van der Waals surface area (Å²) in [5.74, 6) is 8.42. The molecule has 0 saturated heterocycles. The van der Waals surface area contributed by atoms with Crippen molar-refractivity contribution in [3.63, 3.8) is 0 Å². The van der Waals surface area contributed by atoms with Crippen LogP contribution in [0.25, 0.3) is 11.1 Å². The Balaban J connectivity index is 1.49. The summed E-state index contributed by atoms with van der Waals surface area (Å²) in [6.45, 7) is 0. The molecular weight excluding hydrogens is 440 g/mol. The molecule has 36 heavy (non-hydrogen) atoms. The van der Waals surface area contributed by atoms with Crippen LogP contribution in [0.4, 0.5) is 17.1 Å². The highest BCUT2D eigenvalue weighted by Crippen LogP contribution is 2.50. The minimum atomic E-state index is 0.633. The van der Waals surface area contributed by atoms with E-state index in [1.165, 1.54) is 0 Å². The molecule has 0 amide bonds. The van der Waals surface area contributed by atoms with Crippen LogP contribution < -0.4 is 9.64 Å². The monoisotopic (exact) mass is 460 g/mol. The van der Waals surface area contributed by atoms with Gasteiger partial charge in [-0.15, -0.1) is 0 Å². The van der Waals surface area contributed by atoms with Crippen molar-refractivity contribution >= 4 is 17.1 Å². The Morgan fingerprint density at radius 1 is 0.472 bits per heavy atom. The van der Waals surface area contributed by atoms with Crippen molar-refractivity contribution in [3.8, 4) is 40.5 Å². The molecule has 5 aromatic rings. The van der Waals surface area contributed by atoms with Crippen LogP contribution in [0.1, 0.15) is 16.7 Å². The number of nitrogens with zero attached hydrogens (tertiary/aromatic N) is 2. The number of fused-ring (bicyclic) bond motifs is 2. The molecule has 0 radical (unpaired) electrons. The molecule has 0 N–H and O–H groups in total. The molecule has 3 heteroatoms. The van der Waals surface area contributed by atoms with Crippen molar-refractivity contribution in [1.82, 2.24) is 0 Å². The Hall–Kier alpha value is -5.25. The van der Waals surface area contributed by atoms with Gasteiger partial charge in [0.05, 0.1) is 28.7 Å². The lowest BCUT2D eigenvalue weighted by Gasteiger charge is -2.33. The van der Waals surface area contributed by atoms with Gasteiger partial charge in [-0.2, -0.15) is 5.26 Å². The van der Waals surface area contributed by atoms with Crippen molar-refractivity contribution in [2.75, 3.05) is 4.90 Å². The summed E-state index contributed by atoms with van der Waals surface area (Å²) in [7, 11) is 0. The second-order valence-corrected chi connectivity index (χ2v) is 8.34. The Morgan fingerprint density at radius 3 is 1.56 bits per heavy atom. The first kappa shape index (κ1) is 21.3. The molecule has 1 aliphatic rings. The summed E-state index contributed by atoms with van der Waals surface area (Å²) in [5, 5.41) is 9.62. The average molecular weight is 461 g/mol. The van der Waals surface area contributed by atoms with Gasteiger partial charge in [-0.3, -0.25) is 0 Å². The first-order valence-electron chi connectivity index (χ1n) is 11.7. The molecule has 0 bridgehead atoms. The van der Waals surface area contributed by atoms with Gasteiger partial charge in [0, 0.05) is 16.7 Å². The highest BCUT2D eigenvalue weighted by Gasteiger charge is 2.26. The normalized spacial score (nSPS) is 11.2. The largest absolute Gasteiger partial charge is 0.453 e. The summed E-state index contributed by atoms with van der Waals surface area (Å²) in [4.78, 5) is 2.20. The molecule has 0 spiro atoms. The molecule has 3 nitrogen and oxygen atoms in total. The fourth-order valence-corrected chi connectivity index (χ4v) is 4.52. The maximum atomic E-state index is 9.62. The number of benzene rings is 5. The molecule has 168 valence electrons. The molecule has 0 saturated carbocycles. The van der Waals surface area contributed by atoms with E-state index in [0.29, 0.717) is 5.56 Å². The summed E-state index contributed by atoms with van der Waals surface area (Å²) >= 11 is 0. The van der Waals surface area contributed by atoms with Crippen molar-refractivity contribution in [3.05, 3.63) is 138 Å². The van der Waals surface area contributed by atoms with E-state index in [1.54, 1.807) is 0 Å². The second kappa shape index (κ2) is 9.18. The van der Waals surface area contributed by atoms with E-state index in [0.717, 1.165) is 50.8 Å². The molecule has 0 atom stereocenters. The van der Waals surface area contributed by atoms with Crippen molar-refractivity contribution < 1.29 is 4.74 Å². The van der Waals surface area contributed by atoms with Gasteiger partial charge >= 0.3 is 0 Å². The second-order valence-electron chi connectivity index (χ2n) is 8.34. The molecule has 0 unspecified atom stereocenters. The SMILES string of the molecule is N#Cc1ccccc1-c1ccccc1C#Cc1ccccc1N1c2ccccc2Oc2ccccc21. The lowest BCUT2D eigenvalue weighted by molar-refractivity contribution is 0.477. The molecule has 1 heterocycles. The van der Waals surface area contributed by atoms with Crippen LogP contribution in [0, 0.1) is 23.2 Å². The van der Waals surface area contributed by atoms with E-state index in [4.69, 9.17) is 4.74 Å². The average Bonchev–Trinajstić information content (AvgIpc) is 2.95. The standard InChI is InChI=1S/C33H20N2O/c34-23-26-13-2-5-15-28(26)27-14-4-1-11-24(27)21-22-25-12-3-6-16-29(25)35-30-17-7-9-19-32(30)36-33-20-10-8-18-31(33)35/h1-20H. The molecule has 6 rings (SSSR count). The van der Waals surface area contributed by atoms with Crippen LogP contribution in [0.15, 0.2) is 121 Å². The number of rotatable bonds is 2. The van der Waals surface area contributed by atoms with Gasteiger partial charge in [-0.25, -0.2) is 0 Å². The van der Waals surface area contributed by atoms with Crippen LogP contribution in [0.2, 0.25) is 0 Å². The van der Waals surface area contributed by atoms with E-state index >= 15 is 0 Å². The van der Waals surface area contributed by atoms with Gasteiger partial charge < -0.3 is 9.64 Å². The number of ether oxygens (including phenoxy) is 1. The van der Waals surface area contributed by atoms with Gasteiger partial charge in [-0.1, -0.05) is 84.6 Å². The molecule has 0 fully saturated rings. The zero-order valence-electron chi connectivity index (χ0n) is 19.3. The molecule has 1 aliphatic heterocycles. The quantitative estimate of drug-likeness (QED) is 0.244. The smallest absolute Gasteiger partial charge is 0.151 e. The van der Waals surface area contributed by atoms with Crippen molar-refractivity contribution in [2.45, 2.75) is 0 Å². The van der Waals surface area contributed by atoms with E-state index in [2.05, 4.69) is 41.0 Å². The first-order chi connectivity index (χ1) is 17.8. The Labute approximate surface area is 210 Å². The van der Waals surface area contributed by atoms with E-state index in [-0.39, 0.29) is 0 Å². The summed E-state index contributed by atoms with van der Waals surface area (Å²) in [5.41, 5.74) is 7.14. The number of hydrogen-bond donors (Lipinski definition) is 0. The maximum Gasteiger partial charge on any atom is 0.151 e. The topological polar surface area (TPSA) is 36.3 Å². The van der Waals surface area contributed by atoms with Crippen molar-refractivity contribution in [2.24, 2.45) is 0 Å². The molecule has 0 aromatic heterocycles. The van der Waals surface area contributed by atoms with Gasteiger partial charge in [0.2, 0.25) is 0 Å². The minimum absolute atomic E-state index is 0.633. The zero-order valence-corrected chi connectivity index (χ0v) is 19.3. The third-order valence-electron chi connectivity index (χ3n) is 6.17. The highest BCUT2D eigenvalue weighted by molar-refractivity contribution is 5.88. The third-order valence-corrected chi connectivity index (χ3v) is 6.17. The number of para-hydroxylation sites is 5. The molecule has 0 aliphatic carbocycles. The number of hydrogen-bond acceptors (Lipinski definition) is 3. The fraction of sp³-hybridized carbons (Fsp3) is 0. The Morgan fingerprint density at radius 2 is 0.917 bits per heavy atom. The fourth-order valence-electron chi connectivity index (χ4n) is 4.52. The predicted molar refractivity (Wildman–Crippen MR) is 144 cm³/mol. The van der Waals surface area contributed by atoms with E-state index in [9.17, 15) is 5.26 Å². The van der Waals surface area contributed by atoms with Crippen LogP contribution in [0.5, 0.6) is 11.5 Å². The third kappa shape index (κ3) is 3.76. The first-order valence-corrected chi connectivity index (χ1v) is 11.7. The highest BCUT2D eigenvalue weighted by atomic mass is 16.5. The lowest BCUT2D eigenvalue weighted by Crippen LogP contribution is -2.16. The minimum Gasteiger partial charge on any atom is -0.453 e. The predicted octanol–water partition coefficient (Wildman–Crippen LogP) is 8.20. The molecular formula is C33H20N2O. The number of nitriles is 1. The van der Waals surface area contributed by atoms with Gasteiger partial charge in [0.15, 0.2) is 11.5 Å². The summed E-state index contributed by atoms with van der Waals surface area (Å²) < 4.78 is 6.18.